The Kier molecular flexibility index (Phi) is 5.94. The fourth-order valence-corrected chi connectivity index (χ4v) is 2.21. The smallest absolute Gasteiger partial charge is 0.326 e. The van der Waals surface area contributed by atoms with E-state index < -0.39 is 30.1 Å². The van der Waals surface area contributed by atoms with Gasteiger partial charge in [0.15, 0.2) is 0 Å². The molecule has 0 aromatic carbocycles. The van der Waals surface area contributed by atoms with Crippen LogP contribution in [0.2, 0.25) is 0 Å². The van der Waals surface area contributed by atoms with E-state index in [0.717, 1.165) is 0 Å². The summed E-state index contributed by atoms with van der Waals surface area (Å²) in [6, 6.07) is -2.58. The Labute approximate surface area is 121 Å². The van der Waals surface area contributed by atoms with Crippen molar-refractivity contribution in [2.24, 2.45) is 0 Å². The van der Waals surface area contributed by atoms with Crippen molar-refractivity contribution in [1.82, 2.24) is 15.5 Å². The van der Waals surface area contributed by atoms with Gasteiger partial charge in [-0.15, -0.1) is 0 Å². The van der Waals surface area contributed by atoms with Crippen LogP contribution in [0, 0.1) is 0 Å². The minimum Gasteiger partial charge on any atom is -0.481 e. The van der Waals surface area contributed by atoms with Gasteiger partial charge < -0.3 is 25.7 Å². The molecule has 1 heterocycles. The summed E-state index contributed by atoms with van der Waals surface area (Å²) in [7, 11) is 1.46. The molecule has 9 nitrogen and oxygen atoms in total. The third-order valence-electron chi connectivity index (χ3n) is 3.31. The van der Waals surface area contributed by atoms with Crippen LogP contribution in [0.15, 0.2) is 0 Å². The van der Waals surface area contributed by atoms with Crippen molar-refractivity contribution in [3.8, 4) is 0 Å². The lowest BCUT2D eigenvalue weighted by molar-refractivity contribution is -0.140. The number of likely N-dealkylation sites (tertiary alicyclic amines) is 1. The number of aliphatic carboxylic acids is 2. The van der Waals surface area contributed by atoms with Crippen molar-refractivity contribution in [2.75, 3.05) is 13.6 Å². The van der Waals surface area contributed by atoms with Crippen molar-refractivity contribution in [1.29, 1.82) is 0 Å². The van der Waals surface area contributed by atoms with Crippen LogP contribution in [0.25, 0.3) is 0 Å². The second kappa shape index (κ2) is 7.46. The summed E-state index contributed by atoms with van der Waals surface area (Å²) in [6.07, 6.45) is 0.587. The Hall–Kier alpha value is -2.32. The number of nitrogens with one attached hydrogen (secondary N) is 2. The molecule has 3 amide bonds. The summed E-state index contributed by atoms with van der Waals surface area (Å²) in [5.74, 6) is -2.75. The highest BCUT2D eigenvalue weighted by Crippen LogP contribution is 2.17. The molecule has 9 heteroatoms. The van der Waals surface area contributed by atoms with Gasteiger partial charge in [-0.1, -0.05) is 0 Å². The van der Waals surface area contributed by atoms with E-state index in [1.165, 1.54) is 11.9 Å². The number of amides is 3. The molecule has 1 aliphatic heterocycles. The minimum absolute atomic E-state index is 0.213. The van der Waals surface area contributed by atoms with E-state index in [4.69, 9.17) is 10.2 Å². The van der Waals surface area contributed by atoms with Gasteiger partial charge in [0.2, 0.25) is 5.91 Å². The van der Waals surface area contributed by atoms with Crippen molar-refractivity contribution in [3.63, 3.8) is 0 Å². The molecule has 0 bridgehead atoms. The van der Waals surface area contributed by atoms with Crippen LogP contribution >= 0.6 is 0 Å². The van der Waals surface area contributed by atoms with E-state index in [-0.39, 0.29) is 18.7 Å². The Morgan fingerprint density at radius 1 is 1.29 bits per heavy atom. The van der Waals surface area contributed by atoms with Crippen LogP contribution < -0.4 is 10.6 Å². The summed E-state index contributed by atoms with van der Waals surface area (Å²) in [5.41, 5.74) is 0. The SMILES string of the molecule is CNC(=O)C1CCCN1C(=O)NC(CCC(=O)O)C(=O)O. The standard InChI is InChI=1S/C12H19N3O6/c1-13-10(18)8-3-2-6-15(8)12(21)14-7(11(19)20)4-5-9(16)17/h7-8H,2-6H2,1H3,(H,13,18)(H,14,21)(H,16,17)(H,19,20). The number of carboxylic acid groups (broad SMARTS) is 2. The highest BCUT2D eigenvalue weighted by atomic mass is 16.4. The molecule has 2 unspecified atom stereocenters. The van der Waals surface area contributed by atoms with Gasteiger partial charge in [-0.25, -0.2) is 9.59 Å². The molecule has 0 spiro atoms. The van der Waals surface area contributed by atoms with Gasteiger partial charge in [0.25, 0.3) is 0 Å². The fraction of sp³-hybridized carbons (Fsp3) is 0.667. The molecule has 0 saturated carbocycles. The zero-order valence-corrected chi connectivity index (χ0v) is 11.7. The topological polar surface area (TPSA) is 136 Å². The third-order valence-corrected chi connectivity index (χ3v) is 3.31. The van der Waals surface area contributed by atoms with Crippen molar-refractivity contribution >= 4 is 23.9 Å². The fourth-order valence-electron chi connectivity index (χ4n) is 2.21. The summed E-state index contributed by atoms with van der Waals surface area (Å²) >= 11 is 0. The van der Waals surface area contributed by atoms with E-state index in [1.807, 2.05) is 0 Å². The second-order valence-corrected chi connectivity index (χ2v) is 4.74. The summed E-state index contributed by atoms with van der Waals surface area (Å²) < 4.78 is 0. The van der Waals surface area contributed by atoms with E-state index in [2.05, 4.69) is 10.6 Å². The molecule has 118 valence electrons. The number of carbonyl (C=O) groups excluding carboxylic acids is 2. The number of hydrogen-bond acceptors (Lipinski definition) is 4. The molecule has 1 saturated heterocycles. The molecular weight excluding hydrogens is 282 g/mol. The average Bonchev–Trinajstić information content (AvgIpc) is 2.91. The van der Waals surface area contributed by atoms with E-state index in [1.54, 1.807) is 0 Å². The highest BCUT2D eigenvalue weighted by molar-refractivity contribution is 5.89. The van der Waals surface area contributed by atoms with Gasteiger partial charge >= 0.3 is 18.0 Å². The molecule has 21 heavy (non-hydrogen) atoms. The Balaban J connectivity index is 2.66. The van der Waals surface area contributed by atoms with E-state index in [0.29, 0.717) is 19.4 Å². The quantitative estimate of drug-likeness (QED) is 0.508. The average molecular weight is 301 g/mol. The number of nitrogens with zero attached hydrogens (tertiary/aromatic N) is 1. The van der Waals surface area contributed by atoms with Crippen LogP contribution in [0.1, 0.15) is 25.7 Å². The van der Waals surface area contributed by atoms with Crippen molar-refractivity contribution < 1.29 is 29.4 Å². The van der Waals surface area contributed by atoms with Crippen molar-refractivity contribution in [2.45, 2.75) is 37.8 Å². The lowest BCUT2D eigenvalue weighted by atomic mass is 10.1. The van der Waals surface area contributed by atoms with Gasteiger partial charge in [0.1, 0.15) is 12.1 Å². The number of rotatable bonds is 6. The normalized spacial score (nSPS) is 18.9. The van der Waals surface area contributed by atoms with Gasteiger partial charge in [-0.05, 0) is 19.3 Å². The first-order chi connectivity index (χ1) is 9.86. The lowest BCUT2D eigenvalue weighted by Crippen LogP contribution is -2.52. The maximum Gasteiger partial charge on any atom is 0.326 e. The molecule has 1 fully saturated rings. The number of carbonyl (C=O) groups is 4. The largest absolute Gasteiger partial charge is 0.481 e. The molecule has 2 atom stereocenters. The van der Waals surface area contributed by atoms with Crippen molar-refractivity contribution in [3.05, 3.63) is 0 Å². The summed E-state index contributed by atoms with van der Waals surface area (Å²) in [6.45, 7) is 0.356. The molecule has 1 aliphatic rings. The highest BCUT2D eigenvalue weighted by Gasteiger charge is 2.35. The molecule has 4 N–H and O–H groups in total. The van der Waals surface area contributed by atoms with E-state index in [9.17, 15) is 19.2 Å². The van der Waals surface area contributed by atoms with Crippen LogP contribution in [0.4, 0.5) is 4.79 Å². The Morgan fingerprint density at radius 3 is 2.48 bits per heavy atom. The van der Waals surface area contributed by atoms with Crippen LogP contribution in [-0.2, 0) is 14.4 Å². The molecule has 0 aliphatic carbocycles. The Bertz CT molecular complexity index is 439. The zero-order chi connectivity index (χ0) is 16.0. The summed E-state index contributed by atoms with van der Waals surface area (Å²) in [4.78, 5) is 46.5. The molecule has 0 radical (unpaired) electrons. The van der Waals surface area contributed by atoms with E-state index >= 15 is 0 Å². The first kappa shape index (κ1) is 16.7. The zero-order valence-electron chi connectivity index (χ0n) is 11.7. The predicted molar refractivity (Wildman–Crippen MR) is 70.6 cm³/mol. The van der Waals surface area contributed by atoms with Crippen LogP contribution in [0.3, 0.4) is 0 Å². The number of likely N-dealkylation sites (N-methyl/N-ethyl adjacent to an activating group) is 1. The van der Waals surface area contributed by atoms with Crippen LogP contribution in [0.5, 0.6) is 0 Å². The molecular formula is C12H19N3O6. The molecule has 0 aromatic heterocycles. The monoisotopic (exact) mass is 301 g/mol. The van der Waals surface area contributed by atoms with Gasteiger partial charge in [-0.3, -0.25) is 9.59 Å². The number of hydrogen-bond donors (Lipinski definition) is 4. The number of carboxylic acids is 2. The van der Waals surface area contributed by atoms with Gasteiger partial charge in [0.05, 0.1) is 0 Å². The summed E-state index contributed by atoms with van der Waals surface area (Å²) in [5, 5.41) is 22.3. The third kappa shape index (κ3) is 4.62. The molecule has 0 aromatic rings. The minimum atomic E-state index is -1.31. The second-order valence-electron chi connectivity index (χ2n) is 4.74. The first-order valence-electron chi connectivity index (χ1n) is 6.60. The number of urea groups is 1. The first-order valence-corrected chi connectivity index (χ1v) is 6.60. The van der Waals surface area contributed by atoms with Crippen LogP contribution in [-0.4, -0.2) is 64.7 Å². The predicted octanol–water partition coefficient (Wildman–Crippen LogP) is -0.776. The maximum atomic E-state index is 12.1. The lowest BCUT2D eigenvalue weighted by Gasteiger charge is -2.25. The molecule has 1 rings (SSSR count). The van der Waals surface area contributed by atoms with Gasteiger partial charge in [0, 0.05) is 20.0 Å². The Morgan fingerprint density at radius 2 is 1.95 bits per heavy atom. The van der Waals surface area contributed by atoms with Gasteiger partial charge in [-0.2, -0.15) is 0 Å². The maximum absolute atomic E-state index is 12.1.